The summed E-state index contributed by atoms with van der Waals surface area (Å²) in [5.74, 6) is 3.20. The highest BCUT2D eigenvalue weighted by Crippen LogP contribution is 2.65. The standard InChI is InChI=1S/C60H54N2/c1-3-11-52-53-13-5-8-16-57(53)61(56(52)12-4-2)50-31-23-44(24-32-50)42-19-27-46(28-20-42)60(48-36-40-35-41(38-48)39-49(60)37-40)47-29-21-43(22-30-47)45-25-33-51(34-26-45)62-58-17-9-6-14-54(58)55-15-7-10-18-59(55)62/h3,5-11,13-34,40-41,48-49H,4,12,35-39H2,1-2H3/b11-3-. The Morgan fingerprint density at radius 3 is 1.32 bits per heavy atom. The van der Waals surface area contributed by atoms with Gasteiger partial charge in [-0.3, -0.25) is 0 Å². The fraction of sp³-hybridized carbons (Fsp3) is 0.233. The summed E-state index contributed by atoms with van der Waals surface area (Å²) in [7, 11) is 0. The minimum Gasteiger partial charge on any atom is -0.313 e. The lowest BCUT2D eigenvalue weighted by molar-refractivity contribution is -0.0418. The van der Waals surface area contributed by atoms with Gasteiger partial charge in [-0.2, -0.15) is 0 Å². The summed E-state index contributed by atoms with van der Waals surface area (Å²) in [6, 6.07) is 64.6. The Kier molecular flexibility index (Phi) is 8.99. The molecule has 0 atom stereocenters. The van der Waals surface area contributed by atoms with Crippen molar-refractivity contribution < 1.29 is 0 Å². The second kappa shape index (κ2) is 14.9. The lowest BCUT2D eigenvalue weighted by Crippen LogP contribution is -2.56. The summed E-state index contributed by atoms with van der Waals surface area (Å²) in [4.78, 5) is 0. The van der Waals surface area contributed by atoms with Crippen LogP contribution in [0.3, 0.4) is 0 Å². The van der Waals surface area contributed by atoms with E-state index < -0.39 is 0 Å². The SMILES string of the molecule is C/C=C\c1c(CCC)n(-c2ccc(-c3ccc(C4(c5ccc(-c6ccc(-n7c8ccccc8c8ccccc87)cc6)cc5)C5CC6CC(C5)CC4C6)cc3)cc2)c2ccccc12. The van der Waals surface area contributed by atoms with E-state index in [1.165, 1.54) is 121 Å². The van der Waals surface area contributed by atoms with Crippen molar-refractivity contribution in [1.82, 2.24) is 9.13 Å². The normalized spacial score (nSPS) is 21.8. The van der Waals surface area contributed by atoms with Crippen molar-refractivity contribution in [3.63, 3.8) is 0 Å². The Hall–Kier alpha value is -6.38. The van der Waals surface area contributed by atoms with Crippen molar-refractivity contribution in [3.05, 3.63) is 198 Å². The molecule has 0 radical (unpaired) electrons. The minimum atomic E-state index is 0.0601. The van der Waals surface area contributed by atoms with E-state index in [9.17, 15) is 0 Å². The summed E-state index contributed by atoms with van der Waals surface area (Å²) in [5, 5.41) is 3.92. The van der Waals surface area contributed by atoms with Gasteiger partial charge in [-0.25, -0.2) is 0 Å². The maximum absolute atomic E-state index is 2.51. The molecular formula is C60H54N2. The largest absolute Gasteiger partial charge is 0.313 e. The third-order valence-corrected chi connectivity index (χ3v) is 15.5. The van der Waals surface area contributed by atoms with Crippen molar-refractivity contribution >= 4 is 38.8 Å². The zero-order valence-electron chi connectivity index (χ0n) is 36.0. The molecule has 0 N–H and O–H groups in total. The van der Waals surface area contributed by atoms with Gasteiger partial charge in [0.05, 0.1) is 16.6 Å². The molecule has 0 aliphatic heterocycles. The molecule has 9 aromatic rings. The average Bonchev–Trinajstić information content (AvgIpc) is 3.82. The highest BCUT2D eigenvalue weighted by Gasteiger charge is 2.58. The molecule has 0 spiro atoms. The zero-order valence-corrected chi connectivity index (χ0v) is 36.0. The number of rotatable bonds is 9. The maximum atomic E-state index is 2.51. The molecule has 0 amide bonds. The molecular weight excluding hydrogens is 749 g/mol. The van der Waals surface area contributed by atoms with E-state index in [2.05, 4.69) is 205 Å². The lowest BCUT2D eigenvalue weighted by atomic mass is 9.42. The Labute approximate surface area is 366 Å². The van der Waals surface area contributed by atoms with Crippen LogP contribution in [0.1, 0.15) is 74.8 Å². The van der Waals surface area contributed by atoms with Gasteiger partial charge in [-0.05, 0) is 145 Å². The number of allylic oxidation sites excluding steroid dienone is 1. The first kappa shape index (κ1) is 37.4. The molecule has 13 rings (SSSR count). The van der Waals surface area contributed by atoms with Crippen LogP contribution >= 0.6 is 0 Å². The van der Waals surface area contributed by atoms with Gasteiger partial charge in [0.15, 0.2) is 0 Å². The monoisotopic (exact) mass is 802 g/mol. The van der Waals surface area contributed by atoms with Crippen LogP contribution in [-0.2, 0) is 11.8 Å². The first-order valence-corrected chi connectivity index (χ1v) is 23.3. The first-order valence-electron chi connectivity index (χ1n) is 23.3. The average molecular weight is 803 g/mol. The highest BCUT2D eigenvalue weighted by atomic mass is 15.0. The summed E-state index contributed by atoms with van der Waals surface area (Å²) in [6.45, 7) is 4.40. The van der Waals surface area contributed by atoms with Crippen LogP contribution in [-0.4, -0.2) is 9.13 Å². The number of hydrogen-bond acceptors (Lipinski definition) is 0. The molecule has 304 valence electrons. The van der Waals surface area contributed by atoms with Crippen molar-refractivity contribution in [1.29, 1.82) is 0 Å². The predicted octanol–water partition coefficient (Wildman–Crippen LogP) is 15.8. The molecule has 0 unspecified atom stereocenters. The van der Waals surface area contributed by atoms with Gasteiger partial charge in [0.25, 0.3) is 0 Å². The van der Waals surface area contributed by atoms with Crippen molar-refractivity contribution in [2.45, 2.75) is 64.2 Å². The highest BCUT2D eigenvalue weighted by molar-refractivity contribution is 6.09. The minimum absolute atomic E-state index is 0.0601. The van der Waals surface area contributed by atoms with Crippen LogP contribution in [0.2, 0.25) is 0 Å². The third-order valence-electron chi connectivity index (χ3n) is 15.5. The molecule has 4 bridgehead atoms. The smallest absolute Gasteiger partial charge is 0.0541 e. The van der Waals surface area contributed by atoms with E-state index in [0.717, 1.165) is 24.7 Å². The quantitative estimate of drug-likeness (QED) is 0.138. The first-order chi connectivity index (χ1) is 30.6. The summed E-state index contributed by atoms with van der Waals surface area (Å²) < 4.78 is 4.90. The van der Waals surface area contributed by atoms with Gasteiger partial charge in [0, 0.05) is 44.2 Å². The number of nitrogens with zero attached hydrogens (tertiary/aromatic N) is 2. The van der Waals surface area contributed by atoms with Crippen LogP contribution in [0.15, 0.2) is 176 Å². The number of benzene rings is 7. The summed E-state index contributed by atoms with van der Waals surface area (Å²) >= 11 is 0. The van der Waals surface area contributed by atoms with E-state index >= 15 is 0 Å². The number of fused-ring (bicyclic) bond motifs is 4. The number of aromatic nitrogens is 2. The van der Waals surface area contributed by atoms with Crippen molar-refractivity contribution in [2.24, 2.45) is 23.7 Å². The lowest BCUT2D eigenvalue weighted by Gasteiger charge is -2.62. The second-order valence-electron chi connectivity index (χ2n) is 18.8. The molecule has 0 saturated heterocycles. The Bertz CT molecular complexity index is 3040. The second-order valence-corrected chi connectivity index (χ2v) is 18.8. The number of para-hydroxylation sites is 3. The van der Waals surface area contributed by atoms with Crippen molar-refractivity contribution in [3.8, 4) is 33.6 Å². The van der Waals surface area contributed by atoms with Gasteiger partial charge in [0.1, 0.15) is 0 Å². The zero-order chi connectivity index (χ0) is 41.4. The van der Waals surface area contributed by atoms with Crippen LogP contribution in [0.25, 0.3) is 72.4 Å². The summed E-state index contributed by atoms with van der Waals surface area (Å²) in [5.41, 5.74) is 17.2. The molecule has 2 nitrogen and oxygen atoms in total. The van der Waals surface area contributed by atoms with E-state index in [0.29, 0.717) is 11.8 Å². The van der Waals surface area contributed by atoms with Crippen LogP contribution in [0.5, 0.6) is 0 Å². The van der Waals surface area contributed by atoms with Gasteiger partial charge >= 0.3 is 0 Å². The van der Waals surface area contributed by atoms with Gasteiger partial charge in [-0.15, -0.1) is 0 Å². The molecule has 2 heterocycles. The van der Waals surface area contributed by atoms with E-state index in [1.807, 2.05) is 0 Å². The maximum Gasteiger partial charge on any atom is 0.0541 e. The van der Waals surface area contributed by atoms with Crippen molar-refractivity contribution in [2.75, 3.05) is 0 Å². The number of hydrogen-bond donors (Lipinski definition) is 0. The Morgan fingerprint density at radius 1 is 0.468 bits per heavy atom. The fourth-order valence-electron chi connectivity index (χ4n) is 13.2. The van der Waals surface area contributed by atoms with E-state index in [-0.39, 0.29) is 5.41 Å². The van der Waals surface area contributed by atoms with Crippen LogP contribution in [0.4, 0.5) is 0 Å². The van der Waals surface area contributed by atoms with Gasteiger partial charge < -0.3 is 9.13 Å². The topological polar surface area (TPSA) is 9.86 Å². The molecule has 4 aliphatic carbocycles. The summed E-state index contributed by atoms with van der Waals surface area (Å²) in [6.07, 6.45) is 13.5. The Morgan fingerprint density at radius 2 is 0.871 bits per heavy atom. The van der Waals surface area contributed by atoms with Crippen LogP contribution < -0.4 is 0 Å². The molecule has 4 fully saturated rings. The predicted molar refractivity (Wildman–Crippen MR) is 261 cm³/mol. The van der Waals surface area contributed by atoms with E-state index in [1.54, 1.807) is 0 Å². The Balaban J connectivity index is 0.868. The molecule has 62 heavy (non-hydrogen) atoms. The van der Waals surface area contributed by atoms with E-state index in [4.69, 9.17) is 0 Å². The molecule has 2 heteroatoms. The molecule has 4 aliphatic rings. The fourth-order valence-corrected chi connectivity index (χ4v) is 13.2. The molecule has 2 aromatic heterocycles. The van der Waals surface area contributed by atoms with Gasteiger partial charge in [-0.1, -0.05) is 153 Å². The molecule has 7 aromatic carbocycles. The van der Waals surface area contributed by atoms with Gasteiger partial charge in [0.2, 0.25) is 0 Å². The third kappa shape index (κ3) is 5.75. The van der Waals surface area contributed by atoms with Crippen LogP contribution in [0, 0.1) is 23.7 Å². The molecule has 4 saturated carbocycles.